The molecule has 2 aromatic heterocycles. The number of benzene rings is 3. The molecule has 2 aliphatic heterocycles. The SMILES string of the molecule is c1cc(N2CCCCC2)c(-c2cnc3c4ccccc4c4ccccc4n23)c(N2CCCCC2)c1. The Balaban J connectivity index is 1.56. The standard InChI is InChI=1S/C31H32N4/c1-7-18-33(19-8-1)27-16-11-17-28(34-20-9-2-10-21-34)30(27)29-22-32-31-25-14-4-3-12-23(25)24-13-5-6-15-26(24)35(29)31/h3-6,11-17,22H,1-2,7-10,18-21H2. The summed E-state index contributed by atoms with van der Waals surface area (Å²) in [5.74, 6) is 0. The summed E-state index contributed by atoms with van der Waals surface area (Å²) >= 11 is 0. The first-order chi connectivity index (χ1) is 17.4. The van der Waals surface area contributed by atoms with Crippen LogP contribution in [0, 0.1) is 0 Å². The van der Waals surface area contributed by atoms with E-state index in [1.54, 1.807) is 0 Å². The van der Waals surface area contributed by atoms with Crippen LogP contribution in [0.2, 0.25) is 0 Å². The van der Waals surface area contributed by atoms with E-state index in [2.05, 4.69) is 87.1 Å². The van der Waals surface area contributed by atoms with E-state index < -0.39 is 0 Å². The first kappa shape index (κ1) is 20.8. The van der Waals surface area contributed by atoms with Gasteiger partial charge in [0.05, 0.1) is 17.4 Å². The number of pyridine rings is 1. The normalized spacial score (nSPS) is 17.0. The molecule has 35 heavy (non-hydrogen) atoms. The van der Waals surface area contributed by atoms with E-state index in [9.17, 15) is 0 Å². The maximum Gasteiger partial charge on any atom is 0.145 e. The van der Waals surface area contributed by atoms with Gasteiger partial charge < -0.3 is 9.80 Å². The first-order valence-corrected chi connectivity index (χ1v) is 13.3. The Labute approximate surface area is 206 Å². The van der Waals surface area contributed by atoms with Crippen molar-refractivity contribution in [3.8, 4) is 11.3 Å². The second-order valence-corrected chi connectivity index (χ2v) is 10.1. The molecule has 4 nitrogen and oxygen atoms in total. The molecular weight excluding hydrogens is 428 g/mol. The lowest BCUT2D eigenvalue weighted by atomic mass is 10.0. The average Bonchev–Trinajstić information content (AvgIpc) is 3.39. The third-order valence-electron chi connectivity index (χ3n) is 8.04. The molecule has 0 spiro atoms. The number of rotatable bonds is 3. The summed E-state index contributed by atoms with van der Waals surface area (Å²) in [6, 6.07) is 24.5. The molecule has 176 valence electrons. The molecule has 0 amide bonds. The van der Waals surface area contributed by atoms with Gasteiger partial charge in [0, 0.05) is 53.9 Å². The number of hydrogen-bond donors (Lipinski definition) is 0. The Morgan fingerprint density at radius 2 is 1.11 bits per heavy atom. The summed E-state index contributed by atoms with van der Waals surface area (Å²) in [5.41, 5.74) is 7.57. The summed E-state index contributed by atoms with van der Waals surface area (Å²) in [6.45, 7) is 4.54. The van der Waals surface area contributed by atoms with Gasteiger partial charge in [-0.15, -0.1) is 0 Å². The molecule has 2 saturated heterocycles. The topological polar surface area (TPSA) is 23.8 Å². The molecule has 0 N–H and O–H groups in total. The van der Waals surface area contributed by atoms with Gasteiger partial charge in [0.25, 0.3) is 0 Å². The fraction of sp³-hybridized carbons (Fsp3) is 0.323. The summed E-state index contributed by atoms with van der Waals surface area (Å²) < 4.78 is 2.42. The van der Waals surface area contributed by atoms with Crippen LogP contribution >= 0.6 is 0 Å². The van der Waals surface area contributed by atoms with Gasteiger partial charge in [0.2, 0.25) is 0 Å². The molecule has 4 heterocycles. The number of imidazole rings is 1. The number of piperidine rings is 2. The predicted molar refractivity (Wildman–Crippen MR) is 148 cm³/mol. The third kappa shape index (κ3) is 3.38. The van der Waals surface area contributed by atoms with Crippen LogP contribution in [0.15, 0.2) is 72.9 Å². The second-order valence-electron chi connectivity index (χ2n) is 10.1. The number of aromatic nitrogens is 2. The van der Waals surface area contributed by atoms with Crippen molar-refractivity contribution >= 4 is 38.7 Å². The fourth-order valence-electron chi connectivity index (χ4n) is 6.36. The van der Waals surface area contributed by atoms with Crippen molar-refractivity contribution in [2.24, 2.45) is 0 Å². The third-order valence-corrected chi connectivity index (χ3v) is 8.04. The number of para-hydroxylation sites is 1. The average molecular weight is 461 g/mol. The first-order valence-electron chi connectivity index (χ1n) is 13.3. The van der Waals surface area contributed by atoms with Gasteiger partial charge in [-0.1, -0.05) is 48.5 Å². The zero-order valence-electron chi connectivity index (χ0n) is 20.3. The molecule has 0 unspecified atom stereocenters. The van der Waals surface area contributed by atoms with Gasteiger partial charge in [-0.05, 0) is 62.1 Å². The predicted octanol–water partition coefficient (Wildman–Crippen LogP) is 7.29. The maximum atomic E-state index is 5.07. The highest BCUT2D eigenvalue weighted by atomic mass is 15.2. The highest BCUT2D eigenvalue weighted by molar-refractivity contribution is 6.12. The van der Waals surface area contributed by atoms with Gasteiger partial charge in [-0.3, -0.25) is 4.40 Å². The van der Waals surface area contributed by atoms with Crippen LogP contribution < -0.4 is 9.80 Å². The molecule has 7 rings (SSSR count). The van der Waals surface area contributed by atoms with E-state index in [-0.39, 0.29) is 0 Å². The Morgan fingerprint density at radius 1 is 0.543 bits per heavy atom. The van der Waals surface area contributed by atoms with Gasteiger partial charge in [0.1, 0.15) is 5.65 Å². The molecule has 0 bridgehead atoms. The Morgan fingerprint density at radius 3 is 1.77 bits per heavy atom. The highest BCUT2D eigenvalue weighted by Gasteiger charge is 2.25. The molecule has 3 aromatic carbocycles. The van der Waals surface area contributed by atoms with Gasteiger partial charge in [-0.2, -0.15) is 0 Å². The molecule has 0 saturated carbocycles. The van der Waals surface area contributed by atoms with Gasteiger partial charge in [-0.25, -0.2) is 4.98 Å². The summed E-state index contributed by atoms with van der Waals surface area (Å²) in [5, 5.41) is 3.77. The van der Waals surface area contributed by atoms with Crippen LogP contribution in [0.4, 0.5) is 11.4 Å². The zero-order valence-corrected chi connectivity index (χ0v) is 20.3. The van der Waals surface area contributed by atoms with E-state index in [4.69, 9.17) is 4.98 Å². The second kappa shape index (κ2) is 8.60. The quantitative estimate of drug-likeness (QED) is 0.264. The van der Waals surface area contributed by atoms with Crippen LogP contribution in [-0.2, 0) is 0 Å². The van der Waals surface area contributed by atoms with Crippen LogP contribution in [0.5, 0.6) is 0 Å². The minimum atomic E-state index is 1.05. The van der Waals surface area contributed by atoms with Crippen molar-refractivity contribution < 1.29 is 0 Å². The molecule has 0 atom stereocenters. The summed E-state index contributed by atoms with van der Waals surface area (Å²) in [4.78, 5) is 10.3. The number of anilines is 2. The molecular formula is C31H32N4. The Bertz CT molecular complexity index is 1480. The van der Waals surface area contributed by atoms with Crippen molar-refractivity contribution in [2.45, 2.75) is 38.5 Å². The van der Waals surface area contributed by atoms with E-state index in [0.29, 0.717) is 0 Å². The van der Waals surface area contributed by atoms with Gasteiger partial charge in [0.15, 0.2) is 0 Å². The maximum absolute atomic E-state index is 5.07. The van der Waals surface area contributed by atoms with Crippen LogP contribution in [-0.4, -0.2) is 35.6 Å². The lowest BCUT2D eigenvalue weighted by Crippen LogP contribution is -2.32. The summed E-state index contributed by atoms with van der Waals surface area (Å²) in [7, 11) is 0. The Hall–Kier alpha value is -3.53. The lowest BCUT2D eigenvalue weighted by Gasteiger charge is -2.35. The minimum Gasteiger partial charge on any atom is -0.371 e. The molecule has 2 aliphatic rings. The zero-order chi connectivity index (χ0) is 23.2. The van der Waals surface area contributed by atoms with Crippen molar-refractivity contribution in [3.05, 3.63) is 72.9 Å². The molecule has 0 aliphatic carbocycles. The number of hydrogen-bond acceptors (Lipinski definition) is 3. The van der Waals surface area contributed by atoms with Crippen molar-refractivity contribution in [3.63, 3.8) is 0 Å². The Kier molecular flexibility index (Phi) is 5.11. The summed E-state index contributed by atoms with van der Waals surface area (Å²) in [6.07, 6.45) is 9.89. The van der Waals surface area contributed by atoms with E-state index in [1.165, 1.54) is 82.8 Å². The fourth-order valence-corrected chi connectivity index (χ4v) is 6.36. The van der Waals surface area contributed by atoms with Crippen LogP contribution in [0.1, 0.15) is 38.5 Å². The van der Waals surface area contributed by atoms with Gasteiger partial charge >= 0.3 is 0 Å². The highest BCUT2D eigenvalue weighted by Crippen LogP contribution is 2.43. The number of fused-ring (bicyclic) bond motifs is 6. The minimum absolute atomic E-state index is 1.05. The van der Waals surface area contributed by atoms with E-state index >= 15 is 0 Å². The van der Waals surface area contributed by atoms with E-state index in [1.807, 2.05) is 0 Å². The van der Waals surface area contributed by atoms with Crippen molar-refractivity contribution in [1.29, 1.82) is 0 Å². The molecule has 0 radical (unpaired) electrons. The van der Waals surface area contributed by atoms with Crippen LogP contribution in [0.3, 0.4) is 0 Å². The molecule has 5 aromatic rings. The lowest BCUT2D eigenvalue weighted by molar-refractivity contribution is 0.574. The van der Waals surface area contributed by atoms with Crippen molar-refractivity contribution in [1.82, 2.24) is 9.38 Å². The molecule has 4 heteroatoms. The van der Waals surface area contributed by atoms with Crippen molar-refractivity contribution in [2.75, 3.05) is 36.0 Å². The largest absolute Gasteiger partial charge is 0.371 e. The monoisotopic (exact) mass is 460 g/mol. The number of nitrogens with zero attached hydrogens (tertiary/aromatic N) is 4. The molecule has 2 fully saturated rings. The van der Waals surface area contributed by atoms with E-state index in [0.717, 1.165) is 31.8 Å². The van der Waals surface area contributed by atoms with Crippen LogP contribution in [0.25, 0.3) is 38.6 Å². The smallest absolute Gasteiger partial charge is 0.145 e.